The lowest BCUT2D eigenvalue weighted by Crippen LogP contribution is -2.30. The minimum atomic E-state index is -0.368. The van der Waals surface area contributed by atoms with Crippen molar-refractivity contribution in [3.63, 3.8) is 0 Å². The third-order valence-electron chi connectivity index (χ3n) is 3.04. The summed E-state index contributed by atoms with van der Waals surface area (Å²) in [4.78, 5) is 23.4. The summed E-state index contributed by atoms with van der Waals surface area (Å²) in [5.74, 6) is -0.416. The Hall–Kier alpha value is -1.11. The maximum absolute atomic E-state index is 11.9. The van der Waals surface area contributed by atoms with E-state index in [2.05, 4.69) is 26.6 Å². The van der Waals surface area contributed by atoms with Gasteiger partial charge in [-0.1, -0.05) is 28.1 Å². The van der Waals surface area contributed by atoms with E-state index in [9.17, 15) is 9.59 Å². The fourth-order valence-corrected chi connectivity index (χ4v) is 2.15. The van der Waals surface area contributed by atoms with Gasteiger partial charge in [-0.2, -0.15) is 0 Å². The molecule has 0 aliphatic carbocycles. The average molecular weight is 394 g/mol. The van der Waals surface area contributed by atoms with Crippen molar-refractivity contribution in [1.29, 1.82) is 0 Å². The zero-order valence-electron chi connectivity index (χ0n) is 12.7. The summed E-state index contributed by atoms with van der Waals surface area (Å²) in [6.45, 7) is 0.785. The molecular weight excluding hydrogens is 372 g/mol. The molecule has 0 heterocycles. The molecule has 5 nitrogen and oxygen atoms in total. The fourth-order valence-electron chi connectivity index (χ4n) is 1.89. The highest BCUT2D eigenvalue weighted by atomic mass is 79.9. The molecule has 1 atom stereocenters. The second kappa shape index (κ2) is 11.5. The molecule has 1 unspecified atom stereocenters. The summed E-state index contributed by atoms with van der Waals surface area (Å²) in [6.07, 6.45) is 1.30. The molecule has 1 aromatic carbocycles. The molecule has 0 aliphatic rings. The number of esters is 1. The normalized spacial score (nSPS) is 11.2. The predicted molar refractivity (Wildman–Crippen MR) is 92.1 cm³/mol. The van der Waals surface area contributed by atoms with Crippen LogP contribution in [0.1, 0.15) is 30.9 Å². The van der Waals surface area contributed by atoms with Crippen LogP contribution in [-0.2, 0) is 14.3 Å². The van der Waals surface area contributed by atoms with E-state index < -0.39 is 0 Å². The lowest BCUT2D eigenvalue weighted by molar-refractivity contribution is -0.141. The number of rotatable bonds is 8. The zero-order chi connectivity index (χ0) is 15.7. The Morgan fingerprint density at radius 1 is 1.27 bits per heavy atom. The van der Waals surface area contributed by atoms with Crippen LogP contribution in [0.4, 0.5) is 0 Å². The highest BCUT2D eigenvalue weighted by Gasteiger charge is 2.18. The zero-order valence-corrected chi connectivity index (χ0v) is 15.1. The first-order valence-corrected chi connectivity index (χ1v) is 7.62. The van der Waals surface area contributed by atoms with Gasteiger partial charge in [-0.15, -0.1) is 12.4 Å². The molecular formula is C15H22BrClN2O3. The third-order valence-corrected chi connectivity index (χ3v) is 3.57. The summed E-state index contributed by atoms with van der Waals surface area (Å²) in [5, 5.41) is 5.89. The number of benzene rings is 1. The lowest BCUT2D eigenvalue weighted by Gasteiger charge is -2.18. The number of carbonyl (C=O) groups excluding carboxylic acids is 2. The van der Waals surface area contributed by atoms with Crippen molar-refractivity contribution in [2.24, 2.45) is 0 Å². The van der Waals surface area contributed by atoms with Crippen LogP contribution in [0.5, 0.6) is 0 Å². The molecule has 0 saturated heterocycles. The van der Waals surface area contributed by atoms with Gasteiger partial charge in [0.25, 0.3) is 0 Å². The first kappa shape index (κ1) is 20.9. The van der Waals surface area contributed by atoms with E-state index in [0.29, 0.717) is 6.42 Å². The minimum absolute atomic E-state index is 0. The monoisotopic (exact) mass is 392 g/mol. The van der Waals surface area contributed by atoms with Gasteiger partial charge < -0.3 is 15.4 Å². The van der Waals surface area contributed by atoms with Crippen LogP contribution >= 0.6 is 28.3 Å². The van der Waals surface area contributed by atoms with E-state index in [-0.39, 0.29) is 36.7 Å². The van der Waals surface area contributed by atoms with Crippen LogP contribution in [0, 0.1) is 0 Å². The summed E-state index contributed by atoms with van der Waals surface area (Å²) >= 11 is 3.37. The Bertz CT molecular complexity index is 468. The Labute approximate surface area is 145 Å². The molecule has 0 saturated carbocycles. The standard InChI is InChI=1S/C15H21BrN2O3.ClH/c1-17-9-3-4-14(19)18-13(10-15(20)21-2)11-5-7-12(16)8-6-11;/h5-8,13,17H,3-4,9-10H2,1-2H3,(H,18,19);1H. The molecule has 0 aliphatic heterocycles. The van der Waals surface area contributed by atoms with Crippen molar-refractivity contribution < 1.29 is 14.3 Å². The number of hydrogen-bond acceptors (Lipinski definition) is 4. The number of methoxy groups -OCH3 is 1. The SMILES string of the molecule is CNCCCC(=O)NC(CC(=O)OC)c1ccc(Br)cc1.Cl. The second-order valence-corrected chi connectivity index (χ2v) is 5.57. The van der Waals surface area contributed by atoms with Crippen molar-refractivity contribution in [3.8, 4) is 0 Å². The first-order chi connectivity index (χ1) is 10.1. The molecule has 0 bridgehead atoms. The number of ether oxygens (including phenoxy) is 1. The summed E-state index contributed by atoms with van der Waals surface area (Å²) in [5.41, 5.74) is 0.880. The number of hydrogen-bond donors (Lipinski definition) is 2. The largest absolute Gasteiger partial charge is 0.469 e. The fraction of sp³-hybridized carbons (Fsp3) is 0.467. The van der Waals surface area contributed by atoms with Gasteiger partial charge in [0, 0.05) is 10.9 Å². The van der Waals surface area contributed by atoms with Gasteiger partial charge in [-0.3, -0.25) is 9.59 Å². The van der Waals surface area contributed by atoms with Crippen molar-refractivity contribution in [3.05, 3.63) is 34.3 Å². The quantitative estimate of drug-likeness (QED) is 0.526. The molecule has 1 aromatic rings. The van der Waals surface area contributed by atoms with E-state index in [1.165, 1.54) is 7.11 Å². The molecule has 0 radical (unpaired) electrons. The van der Waals surface area contributed by atoms with E-state index >= 15 is 0 Å². The van der Waals surface area contributed by atoms with Crippen LogP contribution < -0.4 is 10.6 Å². The summed E-state index contributed by atoms with van der Waals surface area (Å²) in [6, 6.07) is 7.16. The Balaban J connectivity index is 0.00000441. The van der Waals surface area contributed by atoms with Crippen molar-refractivity contribution in [1.82, 2.24) is 10.6 Å². The topological polar surface area (TPSA) is 67.4 Å². The minimum Gasteiger partial charge on any atom is -0.469 e. The molecule has 2 N–H and O–H groups in total. The van der Waals surface area contributed by atoms with E-state index in [1.807, 2.05) is 31.3 Å². The van der Waals surface area contributed by atoms with Crippen LogP contribution in [0.3, 0.4) is 0 Å². The smallest absolute Gasteiger partial charge is 0.307 e. The highest BCUT2D eigenvalue weighted by molar-refractivity contribution is 9.10. The van der Waals surface area contributed by atoms with Gasteiger partial charge in [0.05, 0.1) is 19.6 Å². The van der Waals surface area contributed by atoms with E-state index in [4.69, 9.17) is 4.74 Å². The predicted octanol–water partition coefficient (Wildman–Crippen LogP) is 2.59. The molecule has 124 valence electrons. The number of nitrogens with one attached hydrogen (secondary N) is 2. The third kappa shape index (κ3) is 7.77. The maximum atomic E-state index is 11.9. The second-order valence-electron chi connectivity index (χ2n) is 4.66. The lowest BCUT2D eigenvalue weighted by atomic mass is 10.0. The van der Waals surface area contributed by atoms with Crippen LogP contribution in [0.2, 0.25) is 0 Å². The van der Waals surface area contributed by atoms with Gasteiger partial charge >= 0.3 is 5.97 Å². The van der Waals surface area contributed by atoms with Gasteiger partial charge in [-0.05, 0) is 37.7 Å². The molecule has 0 spiro atoms. The average Bonchev–Trinajstić information content (AvgIpc) is 2.47. The van der Waals surface area contributed by atoms with Crippen molar-refractivity contribution in [2.75, 3.05) is 20.7 Å². The molecule has 0 fully saturated rings. The Kier molecular flexibility index (Phi) is 10.9. The van der Waals surface area contributed by atoms with Crippen LogP contribution in [-0.4, -0.2) is 32.6 Å². The van der Waals surface area contributed by atoms with E-state index in [0.717, 1.165) is 23.0 Å². The first-order valence-electron chi connectivity index (χ1n) is 6.83. The highest BCUT2D eigenvalue weighted by Crippen LogP contribution is 2.20. The van der Waals surface area contributed by atoms with Gasteiger partial charge in [0.15, 0.2) is 0 Å². The number of halogens is 2. The van der Waals surface area contributed by atoms with E-state index in [1.54, 1.807) is 0 Å². The number of carbonyl (C=O) groups is 2. The Morgan fingerprint density at radius 3 is 2.45 bits per heavy atom. The molecule has 22 heavy (non-hydrogen) atoms. The Morgan fingerprint density at radius 2 is 1.91 bits per heavy atom. The summed E-state index contributed by atoms with van der Waals surface area (Å²) < 4.78 is 5.64. The number of amides is 1. The molecule has 1 rings (SSSR count). The molecule has 1 amide bonds. The van der Waals surface area contributed by atoms with Gasteiger partial charge in [0.1, 0.15) is 0 Å². The molecule has 7 heteroatoms. The van der Waals surface area contributed by atoms with Crippen LogP contribution in [0.25, 0.3) is 0 Å². The molecule has 0 aromatic heterocycles. The van der Waals surface area contributed by atoms with Crippen molar-refractivity contribution >= 4 is 40.2 Å². The van der Waals surface area contributed by atoms with Crippen molar-refractivity contribution in [2.45, 2.75) is 25.3 Å². The van der Waals surface area contributed by atoms with Gasteiger partial charge in [-0.25, -0.2) is 0 Å². The van der Waals surface area contributed by atoms with Gasteiger partial charge in [0.2, 0.25) is 5.91 Å². The van der Waals surface area contributed by atoms with Crippen LogP contribution in [0.15, 0.2) is 28.7 Å². The maximum Gasteiger partial charge on any atom is 0.307 e. The summed E-state index contributed by atoms with van der Waals surface area (Å²) in [7, 11) is 3.19.